The van der Waals surface area contributed by atoms with Crippen LogP contribution in [0.2, 0.25) is 0 Å². The molecule has 0 unspecified atom stereocenters. The Morgan fingerprint density at radius 2 is 1.67 bits per heavy atom. The topological polar surface area (TPSA) is 95.9 Å². The van der Waals surface area contributed by atoms with Gasteiger partial charge in [-0.15, -0.1) is 0 Å². The first-order valence-corrected chi connectivity index (χ1v) is 5.82. The molecule has 0 aliphatic carbocycles. The van der Waals surface area contributed by atoms with Gasteiger partial charge in [-0.05, 0) is 6.07 Å². The normalized spacial score (nSPS) is 9.52. The first-order chi connectivity index (χ1) is 9.94. The Labute approximate surface area is 121 Å². The monoisotopic (exact) mass is 296 g/mol. The maximum Gasteiger partial charge on any atom is 0.354 e. The molecule has 0 radical (unpaired) electrons. The average molecular weight is 296 g/mol. The van der Waals surface area contributed by atoms with Gasteiger partial charge in [0.25, 0.3) is 0 Å². The molecule has 1 N–H and O–H groups in total. The van der Waals surface area contributed by atoms with Crippen molar-refractivity contribution in [1.29, 1.82) is 0 Å². The molecule has 1 aromatic rings. The maximum atomic E-state index is 11.5. The largest absolute Gasteiger partial charge is 0.465 e. The van der Waals surface area contributed by atoms with Crippen LogP contribution >= 0.6 is 0 Å². The average Bonchev–Trinajstić information content (AvgIpc) is 2.86. The third kappa shape index (κ3) is 3.85. The zero-order chi connectivity index (χ0) is 16.0. The molecule has 1 rings (SSSR count). The lowest BCUT2D eigenvalue weighted by Gasteiger charge is -2.03. The third-order valence-electron chi connectivity index (χ3n) is 2.59. The smallest absolute Gasteiger partial charge is 0.354 e. The van der Waals surface area contributed by atoms with E-state index in [-0.39, 0.29) is 5.57 Å². The van der Waals surface area contributed by atoms with Crippen molar-refractivity contribution in [2.45, 2.75) is 0 Å². The Morgan fingerprint density at radius 1 is 1.10 bits per heavy atom. The minimum atomic E-state index is -0.835. The van der Waals surface area contributed by atoms with Gasteiger partial charge in [0, 0.05) is 19.4 Å². The van der Waals surface area contributed by atoms with E-state index in [0.29, 0.717) is 11.4 Å². The van der Waals surface area contributed by atoms with Crippen LogP contribution in [0.25, 0.3) is 0 Å². The summed E-state index contributed by atoms with van der Waals surface area (Å²) in [7, 11) is 5.23. The zero-order valence-corrected chi connectivity index (χ0v) is 12.1. The summed E-state index contributed by atoms with van der Waals surface area (Å²) in [5.74, 6) is -2.17. The lowest BCUT2D eigenvalue weighted by molar-refractivity contribution is -0.144. The van der Waals surface area contributed by atoms with Crippen molar-refractivity contribution in [2.24, 2.45) is 7.05 Å². The molecule has 1 heterocycles. The molecular weight excluding hydrogens is 280 g/mol. The van der Waals surface area contributed by atoms with Gasteiger partial charge in [0.2, 0.25) is 0 Å². The Morgan fingerprint density at radius 3 is 2.14 bits per heavy atom. The van der Waals surface area contributed by atoms with Gasteiger partial charge < -0.3 is 24.1 Å². The highest BCUT2D eigenvalue weighted by Gasteiger charge is 2.20. The molecule has 0 aliphatic rings. The van der Waals surface area contributed by atoms with Gasteiger partial charge in [0.05, 0.1) is 27.0 Å². The molecule has 8 nitrogen and oxygen atoms in total. The van der Waals surface area contributed by atoms with Crippen LogP contribution in [0.3, 0.4) is 0 Å². The van der Waals surface area contributed by atoms with Crippen molar-refractivity contribution >= 4 is 23.6 Å². The molecule has 0 aromatic carbocycles. The lowest BCUT2D eigenvalue weighted by Crippen LogP contribution is -2.17. The van der Waals surface area contributed by atoms with Gasteiger partial charge in [0.1, 0.15) is 5.69 Å². The summed E-state index contributed by atoms with van der Waals surface area (Å²) in [5, 5.41) is 2.72. The van der Waals surface area contributed by atoms with E-state index in [9.17, 15) is 14.4 Å². The highest BCUT2D eigenvalue weighted by atomic mass is 16.5. The molecule has 0 fully saturated rings. The van der Waals surface area contributed by atoms with E-state index in [0.717, 1.165) is 20.4 Å². The minimum absolute atomic E-state index is 0.302. The van der Waals surface area contributed by atoms with E-state index in [4.69, 9.17) is 0 Å². The molecule has 0 spiro atoms. The molecule has 21 heavy (non-hydrogen) atoms. The van der Waals surface area contributed by atoms with Gasteiger partial charge >= 0.3 is 17.9 Å². The fourth-order valence-corrected chi connectivity index (χ4v) is 1.53. The highest BCUT2D eigenvalue weighted by molar-refractivity contribution is 6.14. The molecular formula is C13H16N2O6. The quantitative estimate of drug-likeness (QED) is 0.277. The molecule has 0 aliphatic heterocycles. The predicted molar refractivity (Wildman–Crippen MR) is 72.5 cm³/mol. The Hall–Kier alpha value is -2.77. The van der Waals surface area contributed by atoms with E-state index in [1.807, 2.05) is 0 Å². The zero-order valence-electron chi connectivity index (χ0n) is 12.1. The van der Waals surface area contributed by atoms with Gasteiger partial charge in [0.15, 0.2) is 5.57 Å². The summed E-state index contributed by atoms with van der Waals surface area (Å²) in [6.45, 7) is 0. The van der Waals surface area contributed by atoms with Crippen molar-refractivity contribution in [3.05, 3.63) is 29.7 Å². The van der Waals surface area contributed by atoms with Crippen molar-refractivity contribution in [3.8, 4) is 0 Å². The van der Waals surface area contributed by atoms with E-state index in [1.54, 1.807) is 13.2 Å². The van der Waals surface area contributed by atoms with Gasteiger partial charge in [-0.1, -0.05) is 0 Å². The molecule has 0 bridgehead atoms. The number of carbonyl (C=O) groups is 3. The number of ether oxygens (including phenoxy) is 3. The van der Waals surface area contributed by atoms with E-state index in [1.165, 1.54) is 17.7 Å². The number of anilines is 1. The highest BCUT2D eigenvalue weighted by Crippen LogP contribution is 2.14. The summed E-state index contributed by atoms with van der Waals surface area (Å²) in [6, 6.07) is 1.51. The Kier molecular flexibility index (Phi) is 5.53. The number of aromatic nitrogens is 1. The van der Waals surface area contributed by atoms with Gasteiger partial charge in [-0.25, -0.2) is 14.4 Å². The fraction of sp³-hybridized carbons (Fsp3) is 0.308. The maximum absolute atomic E-state index is 11.5. The van der Waals surface area contributed by atoms with Crippen molar-refractivity contribution in [1.82, 2.24) is 4.57 Å². The number of hydrogen-bond donors (Lipinski definition) is 1. The van der Waals surface area contributed by atoms with Crippen molar-refractivity contribution in [2.75, 3.05) is 26.6 Å². The van der Waals surface area contributed by atoms with E-state index >= 15 is 0 Å². The van der Waals surface area contributed by atoms with Crippen LogP contribution in [0.1, 0.15) is 10.5 Å². The van der Waals surface area contributed by atoms with Crippen molar-refractivity contribution < 1.29 is 28.6 Å². The second-order valence-corrected chi connectivity index (χ2v) is 3.90. The number of methoxy groups -OCH3 is 3. The van der Waals surface area contributed by atoms with Gasteiger partial charge in [-0.3, -0.25) is 0 Å². The number of nitrogens with one attached hydrogen (secondary N) is 1. The molecule has 1 aromatic heterocycles. The number of nitrogens with zero attached hydrogens (tertiary/aromatic N) is 1. The summed E-state index contributed by atoms with van der Waals surface area (Å²) in [4.78, 5) is 34.4. The molecule has 8 heteroatoms. The number of rotatable bonds is 5. The van der Waals surface area contributed by atoms with Crippen LogP contribution in [0.15, 0.2) is 24.0 Å². The summed E-state index contributed by atoms with van der Waals surface area (Å²) in [5.41, 5.74) is 0.498. The molecule has 0 saturated carbocycles. The summed E-state index contributed by atoms with van der Waals surface area (Å²) in [6.07, 6.45) is 2.74. The number of hydrogen-bond acceptors (Lipinski definition) is 7. The second-order valence-electron chi connectivity index (χ2n) is 3.90. The third-order valence-corrected chi connectivity index (χ3v) is 2.59. The van der Waals surface area contributed by atoms with Crippen LogP contribution in [-0.4, -0.2) is 43.8 Å². The minimum Gasteiger partial charge on any atom is -0.465 e. The fourth-order valence-electron chi connectivity index (χ4n) is 1.53. The van der Waals surface area contributed by atoms with Crippen LogP contribution < -0.4 is 5.32 Å². The van der Waals surface area contributed by atoms with E-state index < -0.39 is 17.9 Å². The second kappa shape index (κ2) is 7.13. The Balaban J connectivity index is 2.98. The number of esters is 3. The molecule has 0 atom stereocenters. The van der Waals surface area contributed by atoms with E-state index in [2.05, 4.69) is 19.5 Å². The first-order valence-electron chi connectivity index (χ1n) is 5.82. The number of carbonyl (C=O) groups excluding carboxylic acids is 3. The standard InChI is InChI=1S/C13H16N2O6/c1-15-7-8(5-10(15)13(18)21-4)14-6-9(11(16)19-2)12(17)20-3/h5-7,14H,1-4H3. The Bertz CT molecular complexity index is 569. The lowest BCUT2D eigenvalue weighted by atomic mass is 10.3. The van der Waals surface area contributed by atoms with Crippen LogP contribution in [-0.2, 0) is 30.8 Å². The SMILES string of the molecule is COC(=O)C(=CNc1cc(C(=O)OC)n(C)c1)C(=O)OC. The molecule has 0 amide bonds. The summed E-state index contributed by atoms with van der Waals surface area (Å²) < 4.78 is 15.1. The predicted octanol–water partition coefficient (Wildman–Crippen LogP) is 0.453. The summed E-state index contributed by atoms with van der Waals surface area (Å²) >= 11 is 0. The first kappa shape index (κ1) is 16.3. The molecule has 114 valence electrons. The molecule has 0 saturated heterocycles. The van der Waals surface area contributed by atoms with Crippen LogP contribution in [0.4, 0.5) is 5.69 Å². The van der Waals surface area contributed by atoms with Crippen LogP contribution in [0.5, 0.6) is 0 Å². The number of aryl methyl sites for hydroxylation is 1. The van der Waals surface area contributed by atoms with Crippen molar-refractivity contribution in [3.63, 3.8) is 0 Å². The van der Waals surface area contributed by atoms with Crippen LogP contribution in [0, 0.1) is 0 Å². The van der Waals surface area contributed by atoms with Gasteiger partial charge in [-0.2, -0.15) is 0 Å².